The summed E-state index contributed by atoms with van der Waals surface area (Å²) in [7, 11) is 0. The fraction of sp³-hybridized carbons (Fsp3) is 0.316. The molecular weight excluding hydrogens is 416 g/mol. The van der Waals surface area contributed by atoms with Crippen molar-refractivity contribution < 1.29 is 24.5 Å². The molecule has 0 aromatic heterocycles. The third-order valence-electron chi connectivity index (χ3n) is 4.63. The SMILES string of the molecule is O=C1c2cc(NCC(O)CO)cc(Br)c2CN1Cc1ccc2c(c1)OCO2. The second kappa shape index (κ2) is 7.38. The van der Waals surface area contributed by atoms with Gasteiger partial charge in [-0.2, -0.15) is 0 Å². The van der Waals surface area contributed by atoms with Gasteiger partial charge in [0.25, 0.3) is 5.91 Å². The van der Waals surface area contributed by atoms with Gasteiger partial charge in [-0.15, -0.1) is 0 Å². The molecule has 1 atom stereocenters. The molecule has 2 aliphatic rings. The first kappa shape index (κ1) is 18.1. The van der Waals surface area contributed by atoms with Gasteiger partial charge >= 0.3 is 0 Å². The van der Waals surface area contributed by atoms with Crippen LogP contribution >= 0.6 is 15.9 Å². The standard InChI is InChI=1S/C19H19BrN2O5/c20-16-5-12(21-6-13(24)9-23)4-14-15(16)8-22(19(14)25)7-11-1-2-17-18(3-11)27-10-26-17/h1-5,13,21,23-24H,6-10H2. The third-order valence-corrected chi connectivity index (χ3v) is 5.33. The van der Waals surface area contributed by atoms with E-state index in [1.807, 2.05) is 24.3 Å². The van der Waals surface area contributed by atoms with Crippen molar-refractivity contribution in [1.29, 1.82) is 0 Å². The zero-order chi connectivity index (χ0) is 19.0. The van der Waals surface area contributed by atoms with Gasteiger partial charge in [0.1, 0.15) is 0 Å². The zero-order valence-corrected chi connectivity index (χ0v) is 16.0. The number of nitrogens with one attached hydrogen (secondary N) is 1. The fourth-order valence-electron chi connectivity index (χ4n) is 3.21. The summed E-state index contributed by atoms with van der Waals surface area (Å²) in [4.78, 5) is 14.6. The zero-order valence-electron chi connectivity index (χ0n) is 14.4. The Labute approximate surface area is 164 Å². The Kier molecular flexibility index (Phi) is 4.94. The van der Waals surface area contributed by atoms with Gasteiger partial charge in [-0.1, -0.05) is 22.0 Å². The summed E-state index contributed by atoms with van der Waals surface area (Å²) >= 11 is 3.54. The smallest absolute Gasteiger partial charge is 0.254 e. The average molecular weight is 435 g/mol. The van der Waals surface area contributed by atoms with E-state index in [2.05, 4.69) is 21.2 Å². The van der Waals surface area contributed by atoms with E-state index >= 15 is 0 Å². The number of hydrogen-bond donors (Lipinski definition) is 3. The summed E-state index contributed by atoms with van der Waals surface area (Å²) in [5, 5.41) is 21.4. The average Bonchev–Trinajstić information content (AvgIpc) is 3.25. The number of hydrogen-bond acceptors (Lipinski definition) is 6. The molecule has 0 saturated carbocycles. The number of ether oxygens (including phenoxy) is 2. The Bertz CT molecular complexity index is 889. The fourth-order valence-corrected chi connectivity index (χ4v) is 3.80. The number of amides is 1. The number of carbonyl (C=O) groups excluding carboxylic acids is 1. The first-order valence-electron chi connectivity index (χ1n) is 8.58. The maximum atomic E-state index is 12.9. The molecule has 0 radical (unpaired) electrons. The second-order valence-electron chi connectivity index (χ2n) is 6.55. The highest BCUT2D eigenvalue weighted by atomic mass is 79.9. The number of carbonyl (C=O) groups is 1. The van der Waals surface area contributed by atoms with E-state index in [9.17, 15) is 9.90 Å². The van der Waals surface area contributed by atoms with E-state index in [0.717, 1.165) is 21.3 Å². The molecule has 0 aliphatic carbocycles. The third kappa shape index (κ3) is 3.60. The molecule has 0 saturated heterocycles. The Morgan fingerprint density at radius 2 is 2.04 bits per heavy atom. The van der Waals surface area contributed by atoms with Crippen LogP contribution in [0.3, 0.4) is 0 Å². The van der Waals surface area contributed by atoms with Gasteiger partial charge < -0.3 is 29.9 Å². The number of halogens is 1. The monoisotopic (exact) mass is 434 g/mol. The van der Waals surface area contributed by atoms with Crippen molar-refractivity contribution in [2.45, 2.75) is 19.2 Å². The Morgan fingerprint density at radius 1 is 1.22 bits per heavy atom. The van der Waals surface area contributed by atoms with Gasteiger partial charge in [0.05, 0.1) is 12.7 Å². The van der Waals surface area contributed by atoms with Crippen molar-refractivity contribution in [3.8, 4) is 11.5 Å². The Morgan fingerprint density at radius 3 is 2.85 bits per heavy atom. The van der Waals surface area contributed by atoms with Crippen molar-refractivity contribution in [2.75, 3.05) is 25.3 Å². The number of nitrogens with zero attached hydrogens (tertiary/aromatic N) is 1. The van der Waals surface area contributed by atoms with Crippen LogP contribution in [0.25, 0.3) is 0 Å². The van der Waals surface area contributed by atoms with Crippen molar-refractivity contribution >= 4 is 27.5 Å². The second-order valence-corrected chi connectivity index (χ2v) is 7.40. The van der Waals surface area contributed by atoms with Gasteiger partial charge in [0.15, 0.2) is 11.5 Å². The molecule has 7 nitrogen and oxygen atoms in total. The highest BCUT2D eigenvalue weighted by molar-refractivity contribution is 9.10. The molecule has 3 N–H and O–H groups in total. The van der Waals surface area contributed by atoms with Crippen LogP contribution in [-0.4, -0.2) is 47.1 Å². The summed E-state index contributed by atoms with van der Waals surface area (Å²) in [6.07, 6.45) is -0.852. The molecule has 2 heterocycles. The lowest BCUT2D eigenvalue weighted by atomic mass is 10.1. The molecule has 2 aromatic rings. The van der Waals surface area contributed by atoms with Crippen LogP contribution in [0.15, 0.2) is 34.8 Å². The van der Waals surface area contributed by atoms with Crippen LogP contribution in [0.1, 0.15) is 21.5 Å². The lowest BCUT2D eigenvalue weighted by Gasteiger charge is -2.16. The van der Waals surface area contributed by atoms with Gasteiger partial charge in [-0.05, 0) is 35.4 Å². The predicted molar refractivity (Wildman–Crippen MR) is 102 cm³/mol. The van der Waals surface area contributed by atoms with Crippen molar-refractivity contribution in [2.24, 2.45) is 0 Å². The lowest BCUT2D eigenvalue weighted by Crippen LogP contribution is -2.23. The number of fused-ring (bicyclic) bond motifs is 2. The number of rotatable bonds is 6. The number of aliphatic hydroxyl groups excluding tert-OH is 2. The summed E-state index contributed by atoms with van der Waals surface area (Å²) < 4.78 is 11.6. The Hall–Kier alpha value is -2.29. The van der Waals surface area contributed by atoms with Crippen molar-refractivity contribution in [1.82, 2.24) is 4.90 Å². The van der Waals surface area contributed by atoms with Gasteiger partial charge in [0.2, 0.25) is 6.79 Å². The molecule has 2 aliphatic heterocycles. The van der Waals surface area contributed by atoms with Crippen LogP contribution < -0.4 is 14.8 Å². The van der Waals surface area contributed by atoms with E-state index in [-0.39, 0.29) is 25.9 Å². The summed E-state index contributed by atoms with van der Waals surface area (Å²) in [6.45, 7) is 1.10. The minimum absolute atomic E-state index is 0.0466. The molecule has 8 heteroatoms. The molecule has 1 unspecified atom stereocenters. The largest absolute Gasteiger partial charge is 0.454 e. The minimum atomic E-state index is -0.852. The van der Waals surface area contributed by atoms with Gasteiger partial charge in [-0.3, -0.25) is 4.79 Å². The normalized spacial score (nSPS) is 15.8. The molecule has 1 amide bonds. The highest BCUT2D eigenvalue weighted by Crippen LogP contribution is 2.36. The maximum absolute atomic E-state index is 12.9. The summed E-state index contributed by atoms with van der Waals surface area (Å²) in [5.41, 5.74) is 3.26. The van der Waals surface area contributed by atoms with Crippen LogP contribution in [0.5, 0.6) is 11.5 Å². The number of anilines is 1. The number of benzene rings is 2. The number of aliphatic hydroxyl groups is 2. The minimum Gasteiger partial charge on any atom is -0.454 e. The van der Waals surface area contributed by atoms with E-state index in [1.54, 1.807) is 11.0 Å². The molecule has 0 fully saturated rings. The van der Waals surface area contributed by atoms with Crippen LogP contribution in [0, 0.1) is 0 Å². The van der Waals surface area contributed by atoms with Gasteiger partial charge in [-0.25, -0.2) is 0 Å². The van der Waals surface area contributed by atoms with Gasteiger partial charge in [0, 0.05) is 35.4 Å². The van der Waals surface area contributed by atoms with Crippen LogP contribution in [0.4, 0.5) is 5.69 Å². The molecule has 4 rings (SSSR count). The van der Waals surface area contributed by atoms with Crippen molar-refractivity contribution in [3.63, 3.8) is 0 Å². The molecule has 0 spiro atoms. The molecular formula is C19H19BrN2O5. The van der Waals surface area contributed by atoms with Crippen molar-refractivity contribution in [3.05, 3.63) is 51.5 Å². The van der Waals surface area contributed by atoms with E-state index in [1.165, 1.54) is 0 Å². The quantitative estimate of drug-likeness (QED) is 0.644. The highest BCUT2D eigenvalue weighted by Gasteiger charge is 2.30. The predicted octanol–water partition coefficient (Wildman–Crippen LogP) is 2.10. The van der Waals surface area contributed by atoms with Crippen LogP contribution in [-0.2, 0) is 13.1 Å². The van der Waals surface area contributed by atoms with Crippen LogP contribution in [0.2, 0.25) is 0 Å². The summed E-state index contributed by atoms with van der Waals surface area (Å²) in [5.74, 6) is 1.37. The first-order chi connectivity index (χ1) is 13.0. The molecule has 0 bridgehead atoms. The summed E-state index contributed by atoms with van der Waals surface area (Å²) in [6, 6.07) is 9.35. The van der Waals surface area contributed by atoms with E-state index in [0.29, 0.717) is 30.1 Å². The lowest BCUT2D eigenvalue weighted by molar-refractivity contribution is 0.0766. The van der Waals surface area contributed by atoms with E-state index in [4.69, 9.17) is 14.6 Å². The molecule has 27 heavy (non-hydrogen) atoms. The Balaban J connectivity index is 1.50. The first-order valence-corrected chi connectivity index (χ1v) is 9.37. The molecule has 142 valence electrons. The maximum Gasteiger partial charge on any atom is 0.254 e. The van der Waals surface area contributed by atoms with E-state index < -0.39 is 6.10 Å². The molecule has 2 aromatic carbocycles. The topological polar surface area (TPSA) is 91.3 Å².